The Morgan fingerprint density at radius 2 is 2.30 bits per heavy atom. The minimum atomic E-state index is -0.450. The van der Waals surface area contributed by atoms with Crippen LogP contribution in [0.5, 0.6) is 17.4 Å². The van der Waals surface area contributed by atoms with Gasteiger partial charge in [-0.05, 0) is 24.1 Å². The minimum absolute atomic E-state index is 0.00422. The number of aromatic amines is 1. The number of benzene rings is 1. The number of allylic oxidation sites excluding steroid dienone is 1. The number of aromatic nitrogens is 2. The number of phenols is 1. The van der Waals surface area contributed by atoms with Gasteiger partial charge in [0, 0.05) is 11.3 Å². The van der Waals surface area contributed by atoms with E-state index in [2.05, 4.69) is 16.3 Å². The molecule has 7 heteroatoms. The second kappa shape index (κ2) is 5.57. The molecular weight excluding hydrogens is 296 g/mol. The third-order valence-electron chi connectivity index (χ3n) is 3.91. The zero-order valence-corrected chi connectivity index (χ0v) is 12.8. The van der Waals surface area contributed by atoms with Crippen LogP contribution in [0.3, 0.4) is 0 Å². The van der Waals surface area contributed by atoms with Crippen molar-refractivity contribution in [1.29, 1.82) is 5.26 Å². The van der Waals surface area contributed by atoms with Crippen molar-refractivity contribution < 1.29 is 14.6 Å². The summed E-state index contributed by atoms with van der Waals surface area (Å²) in [5, 5.41) is 26.6. The number of hydrogen-bond acceptors (Lipinski definition) is 6. The number of H-pyrrole nitrogens is 1. The van der Waals surface area contributed by atoms with Crippen molar-refractivity contribution in [2.75, 3.05) is 7.11 Å². The summed E-state index contributed by atoms with van der Waals surface area (Å²) < 4.78 is 10.5. The largest absolute Gasteiger partial charge is 0.504 e. The Morgan fingerprint density at radius 1 is 1.52 bits per heavy atom. The molecule has 1 aromatic carbocycles. The smallest absolute Gasteiger partial charge is 0.244 e. The van der Waals surface area contributed by atoms with Crippen LogP contribution in [0.25, 0.3) is 0 Å². The van der Waals surface area contributed by atoms with Crippen molar-refractivity contribution in [3.05, 3.63) is 46.5 Å². The minimum Gasteiger partial charge on any atom is -0.504 e. The third-order valence-corrected chi connectivity index (χ3v) is 3.91. The first kappa shape index (κ1) is 14.8. The number of nitrogens with zero attached hydrogens (tertiary/aromatic N) is 2. The van der Waals surface area contributed by atoms with E-state index in [1.54, 1.807) is 18.2 Å². The van der Waals surface area contributed by atoms with Crippen LogP contribution in [0.1, 0.15) is 29.7 Å². The standard InChI is InChI=1S/C16H16N4O3/c1-3-10-14-13(8-4-5-12(22-2)11(21)6-8)9(7-17)15(18)23-16(14)20-19-10/h4-6,13,21H,3,18H2,1-2H3,(H,19,20). The second-order valence-electron chi connectivity index (χ2n) is 5.13. The highest BCUT2D eigenvalue weighted by atomic mass is 16.5. The summed E-state index contributed by atoms with van der Waals surface area (Å²) in [6.07, 6.45) is 0.697. The number of rotatable bonds is 3. The fourth-order valence-electron chi connectivity index (χ4n) is 2.80. The van der Waals surface area contributed by atoms with E-state index < -0.39 is 5.92 Å². The van der Waals surface area contributed by atoms with E-state index in [0.717, 1.165) is 11.3 Å². The molecule has 1 aliphatic heterocycles. The normalized spacial score (nSPS) is 16.5. The van der Waals surface area contributed by atoms with Crippen molar-refractivity contribution in [3.63, 3.8) is 0 Å². The van der Waals surface area contributed by atoms with Crippen LogP contribution in [0.2, 0.25) is 0 Å². The Morgan fingerprint density at radius 3 is 2.91 bits per heavy atom. The predicted octanol–water partition coefficient (Wildman–Crippen LogP) is 1.90. The topological polar surface area (TPSA) is 117 Å². The summed E-state index contributed by atoms with van der Waals surface area (Å²) in [6, 6.07) is 7.11. The molecule has 1 aromatic heterocycles. The van der Waals surface area contributed by atoms with Crippen molar-refractivity contribution in [1.82, 2.24) is 10.2 Å². The Labute approximate surface area is 132 Å². The monoisotopic (exact) mass is 312 g/mol. The number of nitriles is 1. The SMILES string of the molecule is CCc1[nH]nc2c1C(c1ccc(OC)c(O)c1)C(C#N)=C(N)O2. The molecule has 0 spiro atoms. The van der Waals surface area contributed by atoms with Gasteiger partial charge < -0.3 is 20.3 Å². The molecule has 1 unspecified atom stereocenters. The van der Waals surface area contributed by atoms with Crippen LogP contribution < -0.4 is 15.2 Å². The zero-order chi connectivity index (χ0) is 16.6. The van der Waals surface area contributed by atoms with E-state index in [-0.39, 0.29) is 17.2 Å². The van der Waals surface area contributed by atoms with Crippen LogP contribution in [0, 0.1) is 11.3 Å². The quantitative estimate of drug-likeness (QED) is 0.797. The van der Waals surface area contributed by atoms with Crippen LogP contribution in [0.15, 0.2) is 29.7 Å². The van der Waals surface area contributed by atoms with E-state index in [1.165, 1.54) is 7.11 Å². The van der Waals surface area contributed by atoms with Crippen LogP contribution >= 0.6 is 0 Å². The highest BCUT2D eigenvalue weighted by molar-refractivity contribution is 5.57. The molecule has 3 rings (SSSR count). The van der Waals surface area contributed by atoms with Gasteiger partial charge in [0.1, 0.15) is 11.6 Å². The average Bonchev–Trinajstić information content (AvgIpc) is 2.95. The molecule has 0 saturated heterocycles. The number of fused-ring (bicyclic) bond motifs is 1. The van der Waals surface area contributed by atoms with Gasteiger partial charge >= 0.3 is 0 Å². The van der Waals surface area contributed by atoms with E-state index in [4.69, 9.17) is 15.2 Å². The molecule has 23 heavy (non-hydrogen) atoms. The van der Waals surface area contributed by atoms with Gasteiger partial charge in [0.15, 0.2) is 11.5 Å². The second-order valence-corrected chi connectivity index (χ2v) is 5.13. The van der Waals surface area contributed by atoms with Gasteiger partial charge in [-0.15, -0.1) is 5.10 Å². The number of phenolic OH excluding ortho intramolecular Hbond substituents is 1. The van der Waals surface area contributed by atoms with Crippen molar-refractivity contribution in [2.45, 2.75) is 19.3 Å². The molecule has 118 valence electrons. The van der Waals surface area contributed by atoms with Crippen LogP contribution in [-0.2, 0) is 6.42 Å². The molecule has 2 aromatic rings. The fourth-order valence-corrected chi connectivity index (χ4v) is 2.80. The van der Waals surface area contributed by atoms with E-state index in [0.29, 0.717) is 23.6 Å². The van der Waals surface area contributed by atoms with Crippen LogP contribution in [0.4, 0.5) is 0 Å². The van der Waals surface area contributed by atoms with Gasteiger partial charge in [-0.25, -0.2) is 0 Å². The summed E-state index contributed by atoms with van der Waals surface area (Å²) in [7, 11) is 1.48. The molecule has 2 heterocycles. The number of aromatic hydroxyl groups is 1. The molecule has 0 amide bonds. The van der Waals surface area contributed by atoms with Crippen LogP contribution in [-0.4, -0.2) is 22.4 Å². The maximum absolute atomic E-state index is 10.1. The predicted molar refractivity (Wildman–Crippen MR) is 81.9 cm³/mol. The molecule has 0 bridgehead atoms. The number of methoxy groups -OCH3 is 1. The van der Waals surface area contributed by atoms with Gasteiger partial charge in [0.05, 0.1) is 13.0 Å². The molecule has 0 aliphatic carbocycles. The highest BCUT2D eigenvalue weighted by Crippen LogP contribution is 2.44. The Balaban J connectivity index is 2.21. The maximum Gasteiger partial charge on any atom is 0.244 e. The zero-order valence-electron chi connectivity index (χ0n) is 12.8. The summed E-state index contributed by atoms with van der Waals surface area (Å²) in [5.74, 6) is 0.289. The number of hydrogen-bond donors (Lipinski definition) is 3. The number of nitrogens with two attached hydrogens (primary N) is 1. The van der Waals surface area contributed by atoms with Crippen molar-refractivity contribution in [2.24, 2.45) is 5.73 Å². The molecule has 1 aliphatic rings. The number of ether oxygens (including phenoxy) is 2. The van der Waals surface area contributed by atoms with Gasteiger partial charge in [0.25, 0.3) is 0 Å². The van der Waals surface area contributed by atoms with Crippen molar-refractivity contribution in [3.8, 4) is 23.4 Å². The summed E-state index contributed by atoms with van der Waals surface area (Å²) in [6.45, 7) is 1.98. The Bertz CT molecular complexity index is 832. The molecular formula is C16H16N4O3. The van der Waals surface area contributed by atoms with Gasteiger partial charge in [0.2, 0.25) is 11.8 Å². The number of nitrogens with one attached hydrogen (secondary N) is 1. The molecule has 7 nitrogen and oxygen atoms in total. The lowest BCUT2D eigenvalue weighted by molar-refractivity contribution is 0.371. The van der Waals surface area contributed by atoms with E-state index in [9.17, 15) is 10.4 Å². The third kappa shape index (κ3) is 2.25. The summed E-state index contributed by atoms with van der Waals surface area (Å²) in [5.41, 5.74) is 8.50. The first-order valence-electron chi connectivity index (χ1n) is 7.12. The van der Waals surface area contributed by atoms with E-state index in [1.807, 2.05) is 6.92 Å². The van der Waals surface area contributed by atoms with E-state index >= 15 is 0 Å². The van der Waals surface area contributed by atoms with Gasteiger partial charge in [-0.2, -0.15) is 5.26 Å². The lowest BCUT2D eigenvalue weighted by atomic mass is 9.83. The van der Waals surface area contributed by atoms with Gasteiger partial charge in [-0.1, -0.05) is 13.0 Å². The lowest BCUT2D eigenvalue weighted by Crippen LogP contribution is -2.21. The molecule has 0 fully saturated rings. The lowest BCUT2D eigenvalue weighted by Gasteiger charge is -2.24. The fraction of sp³-hybridized carbons (Fsp3) is 0.250. The average molecular weight is 312 g/mol. The van der Waals surface area contributed by atoms with Crippen molar-refractivity contribution >= 4 is 0 Å². The highest BCUT2D eigenvalue weighted by Gasteiger charge is 2.35. The first-order chi connectivity index (χ1) is 11.1. The van der Waals surface area contributed by atoms with Gasteiger partial charge in [-0.3, -0.25) is 5.10 Å². The first-order valence-corrected chi connectivity index (χ1v) is 7.12. The summed E-state index contributed by atoms with van der Waals surface area (Å²) >= 11 is 0. The molecule has 4 N–H and O–H groups in total. The Kier molecular flexibility index (Phi) is 3.58. The molecule has 1 atom stereocenters. The summed E-state index contributed by atoms with van der Waals surface area (Å²) in [4.78, 5) is 0. The maximum atomic E-state index is 10.1. The number of aryl methyl sites for hydroxylation is 1. The molecule has 0 radical (unpaired) electrons. The Hall–Kier alpha value is -3.14. The molecule has 0 saturated carbocycles.